The molecular weight excluding hydrogens is 324 g/mol. The van der Waals surface area contributed by atoms with Gasteiger partial charge in [-0.25, -0.2) is 8.42 Å². The molecule has 0 bridgehead atoms. The third kappa shape index (κ3) is 4.35. The zero-order chi connectivity index (χ0) is 17.7. The highest BCUT2D eigenvalue weighted by molar-refractivity contribution is 7.92. The molecule has 1 amide bonds. The number of rotatable bonds is 6. The van der Waals surface area contributed by atoms with E-state index in [0.29, 0.717) is 17.8 Å². The van der Waals surface area contributed by atoms with Crippen LogP contribution < -0.4 is 10.0 Å². The number of hydrogen-bond acceptors (Lipinski definition) is 3. The molecule has 0 spiro atoms. The molecule has 0 heterocycles. The summed E-state index contributed by atoms with van der Waals surface area (Å²) in [4.78, 5) is 11.7. The summed E-state index contributed by atoms with van der Waals surface area (Å²) < 4.78 is 27.7. The molecule has 2 rings (SSSR count). The van der Waals surface area contributed by atoms with Crippen LogP contribution in [0.15, 0.2) is 47.4 Å². The summed E-state index contributed by atoms with van der Waals surface area (Å²) in [6.45, 7) is 5.64. The number of nitrogens with one attached hydrogen (secondary N) is 2. The van der Waals surface area contributed by atoms with Gasteiger partial charge in [0.15, 0.2) is 0 Å². The summed E-state index contributed by atoms with van der Waals surface area (Å²) in [6, 6.07) is 11.7. The minimum absolute atomic E-state index is 0.0817. The van der Waals surface area contributed by atoms with E-state index >= 15 is 0 Å². The molecule has 0 aromatic heterocycles. The van der Waals surface area contributed by atoms with Crippen LogP contribution in [0, 0.1) is 13.8 Å². The number of sulfonamides is 1. The highest BCUT2D eigenvalue weighted by atomic mass is 32.2. The molecule has 6 heteroatoms. The smallest absolute Gasteiger partial charge is 0.261 e. The van der Waals surface area contributed by atoms with Crippen molar-refractivity contribution in [1.29, 1.82) is 0 Å². The van der Waals surface area contributed by atoms with Crippen molar-refractivity contribution in [3.63, 3.8) is 0 Å². The fraction of sp³-hybridized carbons (Fsp3) is 0.278. The van der Waals surface area contributed by atoms with Gasteiger partial charge in [0.1, 0.15) is 0 Å². The van der Waals surface area contributed by atoms with Crippen LogP contribution in [0.25, 0.3) is 0 Å². The highest BCUT2D eigenvalue weighted by Gasteiger charge is 2.16. The van der Waals surface area contributed by atoms with Gasteiger partial charge in [0.2, 0.25) is 5.91 Å². The Kier molecular flexibility index (Phi) is 5.62. The van der Waals surface area contributed by atoms with Gasteiger partial charge in [-0.05, 0) is 55.7 Å². The van der Waals surface area contributed by atoms with Crippen molar-refractivity contribution in [2.45, 2.75) is 38.5 Å². The van der Waals surface area contributed by atoms with Crippen LogP contribution in [0.4, 0.5) is 11.4 Å². The van der Waals surface area contributed by atoms with E-state index in [1.54, 1.807) is 12.1 Å². The summed E-state index contributed by atoms with van der Waals surface area (Å²) in [5.41, 5.74) is 2.90. The molecular formula is C18H22N2O3S. The van der Waals surface area contributed by atoms with Gasteiger partial charge in [-0.1, -0.05) is 25.1 Å². The van der Waals surface area contributed by atoms with Crippen molar-refractivity contribution in [2.75, 3.05) is 10.0 Å². The van der Waals surface area contributed by atoms with E-state index in [1.165, 1.54) is 12.1 Å². The number of amides is 1. The molecule has 0 saturated heterocycles. The number of anilines is 2. The number of hydrogen-bond donors (Lipinski definition) is 2. The van der Waals surface area contributed by atoms with Crippen molar-refractivity contribution >= 4 is 27.3 Å². The van der Waals surface area contributed by atoms with E-state index in [0.717, 1.165) is 17.5 Å². The Labute approximate surface area is 143 Å². The van der Waals surface area contributed by atoms with Crippen molar-refractivity contribution in [3.8, 4) is 0 Å². The van der Waals surface area contributed by atoms with Gasteiger partial charge < -0.3 is 5.32 Å². The summed E-state index contributed by atoms with van der Waals surface area (Å²) >= 11 is 0. The maximum absolute atomic E-state index is 12.5. The van der Waals surface area contributed by atoms with Crippen molar-refractivity contribution in [1.82, 2.24) is 0 Å². The second-order valence-electron chi connectivity index (χ2n) is 5.69. The lowest BCUT2D eigenvalue weighted by Gasteiger charge is -2.13. The van der Waals surface area contributed by atoms with E-state index in [9.17, 15) is 13.2 Å². The van der Waals surface area contributed by atoms with Crippen LogP contribution in [0.2, 0.25) is 0 Å². The van der Waals surface area contributed by atoms with E-state index in [4.69, 9.17) is 0 Å². The predicted molar refractivity (Wildman–Crippen MR) is 96.7 cm³/mol. The van der Waals surface area contributed by atoms with Crippen molar-refractivity contribution in [2.24, 2.45) is 0 Å². The monoisotopic (exact) mass is 346 g/mol. The molecule has 0 aliphatic rings. The Hall–Kier alpha value is -2.34. The predicted octanol–water partition coefficient (Wildman–Crippen LogP) is 3.84. The third-order valence-electron chi connectivity index (χ3n) is 3.64. The van der Waals surface area contributed by atoms with Crippen LogP contribution in [-0.2, 0) is 14.8 Å². The zero-order valence-corrected chi connectivity index (χ0v) is 14.9. The molecule has 0 radical (unpaired) electrons. The summed E-state index contributed by atoms with van der Waals surface area (Å²) in [7, 11) is -3.68. The molecule has 0 saturated carbocycles. The maximum atomic E-state index is 12.5. The average molecular weight is 346 g/mol. The quantitative estimate of drug-likeness (QED) is 0.834. The van der Waals surface area contributed by atoms with Crippen LogP contribution in [0.1, 0.15) is 30.9 Å². The summed E-state index contributed by atoms with van der Waals surface area (Å²) in [6.07, 6.45) is 1.20. The molecule has 5 nitrogen and oxygen atoms in total. The fourth-order valence-corrected chi connectivity index (χ4v) is 3.54. The largest absolute Gasteiger partial charge is 0.326 e. The van der Waals surface area contributed by atoms with Gasteiger partial charge in [-0.2, -0.15) is 0 Å². The highest BCUT2D eigenvalue weighted by Crippen LogP contribution is 2.24. The number of carbonyl (C=O) groups excluding carboxylic acids is 1. The van der Waals surface area contributed by atoms with Crippen LogP contribution in [0.3, 0.4) is 0 Å². The molecule has 0 atom stereocenters. The standard InChI is InChI=1S/C18H22N2O3S/c1-4-6-17(21)19-15-9-11-16(12-10-15)24(22,23)20-18-13(2)7-5-8-14(18)3/h5,7-12,20H,4,6H2,1-3H3,(H,19,21). The molecule has 2 aromatic carbocycles. The second kappa shape index (κ2) is 7.49. The number of para-hydroxylation sites is 1. The minimum atomic E-state index is -3.68. The van der Waals surface area contributed by atoms with Crippen molar-refractivity contribution in [3.05, 3.63) is 53.6 Å². The van der Waals surface area contributed by atoms with E-state index < -0.39 is 10.0 Å². The molecule has 0 unspecified atom stereocenters. The average Bonchev–Trinajstić information content (AvgIpc) is 2.52. The number of aryl methyl sites for hydroxylation is 2. The lowest BCUT2D eigenvalue weighted by molar-refractivity contribution is -0.116. The molecule has 128 valence electrons. The SMILES string of the molecule is CCCC(=O)Nc1ccc(S(=O)(=O)Nc2c(C)cccc2C)cc1. The Balaban J connectivity index is 2.19. The minimum Gasteiger partial charge on any atom is -0.326 e. The molecule has 2 aromatic rings. The molecule has 0 aliphatic carbocycles. The first-order valence-electron chi connectivity index (χ1n) is 7.82. The Morgan fingerprint density at radius 2 is 1.58 bits per heavy atom. The van der Waals surface area contributed by atoms with Gasteiger partial charge in [0.25, 0.3) is 10.0 Å². The normalized spacial score (nSPS) is 11.1. The zero-order valence-electron chi connectivity index (χ0n) is 14.1. The molecule has 2 N–H and O–H groups in total. The van der Waals surface area contributed by atoms with Gasteiger partial charge in [0.05, 0.1) is 10.6 Å². The van der Waals surface area contributed by atoms with Crippen LogP contribution >= 0.6 is 0 Å². The lowest BCUT2D eigenvalue weighted by Crippen LogP contribution is -2.15. The van der Waals surface area contributed by atoms with Crippen LogP contribution in [0.5, 0.6) is 0 Å². The molecule has 24 heavy (non-hydrogen) atoms. The van der Waals surface area contributed by atoms with Gasteiger partial charge in [-0.3, -0.25) is 9.52 Å². The van der Waals surface area contributed by atoms with Crippen LogP contribution in [-0.4, -0.2) is 14.3 Å². The topological polar surface area (TPSA) is 75.3 Å². The molecule has 0 aliphatic heterocycles. The Morgan fingerprint density at radius 3 is 2.12 bits per heavy atom. The Bertz CT molecular complexity index is 808. The van der Waals surface area contributed by atoms with Crippen molar-refractivity contribution < 1.29 is 13.2 Å². The first-order chi connectivity index (χ1) is 11.3. The molecule has 0 fully saturated rings. The number of benzene rings is 2. The maximum Gasteiger partial charge on any atom is 0.261 e. The van der Waals surface area contributed by atoms with E-state index in [1.807, 2.05) is 39.0 Å². The van der Waals surface area contributed by atoms with Gasteiger partial charge >= 0.3 is 0 Å². The van der Waals surface area contributed by atoms with Gasteiger partial charge in [-0.15, -0.1) is 0 Å². The van der Waals surface area contributed by atoms with E-state index in [-0.39, 0.29) is 10.8 Å². The fourth-order valence-electron chi connectivity index (χ4n) is 2.34. The number of carbonyl (C=O) groups is 1. The first-order valence-corrected chi connectivity index (χ1v) is 9.30. The third-order valence-corrected chi connectivity index (χ3v) is 5.01. The van der Waals surface area contributed by atoms with E-state index in [2.05, 4.69) is 10.0 Å². The second-order valence-corrected chi connectivity index (χ2v) is 7.38. The first kappa shape index (κ1) is 18.0. The Morgan fingerprint density at radius 1 is 1.00 bits per heavy atom. The lowest BCUT2D eigenvalue weighted by atomic mass is 10.1. The summed E-state index contributed by atoms with van der Waals surface area (Å²) in [5, 5.41) is 2.74. The van der Waals surface area contributed by atoms with Gasteiger partial charge in [0, 0.05) is 12.1 Å². The summed E-state index contributed by atoms with van der Waals surface area (Å²) in [5.74, 6) is -0.0817.